The molecule has 4 bridgehead atoms. The highest BCUT2D eigenvalue weighted by Gasteiger charge is 2.54. The molecular weight excluding hydrogens is 300 g/mol. The van der Waals surface area contributed by atoms with Crippen molar-refractivity contribution in [1.29, 1.82) is 5.26 Å². The molecule has 1 aliphatic heterocycles. The van der Waals surface area contributed by atoms with E-state index in [1.807, 2.05) is 0 Å². The van der Waals surface area contributed by atoms with E-state index in [9.17, 15) is 4.79 Å². The minimum Gasteiger partial charge on any atom is -0.381 e. The lowest BCUT2D eigenvalue weighted by Crippen LogP contribution is -2.61. The maximum atomic E-state index is 13.1. The first-order valence-electron chi connectivity index (χ1n) is 9.94. The van der Waals surface area contributed by atoms with Crippen LogP contribution in [0.4, 0.5) is 0 Å². The quantitative estimate of drug-likeness (QED) is 0.749. The lowest BCUT2D eigenvalue weighted by atomic mass is 9.52. The van der Waals surface area contributed by atoms with Crippen molar-refractivity contribution in [3.63, 3.8) is 0 Å². The van der Waals surface area contributed by atoms with Gasteiger partial charge in [-0.1, -0.05) is 0 Å². The van der Waals surface area contributed by atoms with E-state index in [0.29, 0.717) is 31.2 Å². The van der Waals surface area contributed by atoms with Crippen LogP contribution < -0.4 is 0 Å². The molecule has 4 aliphatic carbocycles. The predicted octanol–water partition coefficient (Wildman–Crippen LogP) is 3.51. The normalized spacial score (nSPS) is 39.8. The highest BCUT2D eigenvalue weighted by atomic mass is 16.5. The first-order valence-corrected chi connectivity index (χ1v) is 9.94. The van der Waals surface area contributed by atoms with Crippen LogP contribution in [0.5, 0.6) is 0 Å². The molecule has 4 nitrogen and oxygen atoms in total. The third-order valence-electron chi connectivity index (χ3n) is 7.12. The van der Waals surface area contributed by atoms with Gasteiger partial charge >= 0.3 is 0 Å². The third kappa shape index (κ3) is 3.08. The van der Waals surface area contributed by atoms with Crippen LogP contribution in [0.15, 0.2) is 0 Å². The van der Waals surface area contributed by atoms with E-state index in [1.165, 1.54) is 38.5 Å². The summed E-state index contributed by atoms with van der Waals surface area (Å²) in [5.74, 6) is 3.35. The molecule has 0 aromatic heterocycles. The second-order valence-corrected chi connectivity index (χ2v) is 8.86. The van der Waals surface area contributed by atoms with Crippen molar-refractivity contribution >= 4 is 5.91 Å². The maximum Gasteiger partial charge on any atom is 0.223 e. The molecule has 0 spiro atoms. The Balaban J connectivity index is 1.46. The first-order chi connectivity index (χ1) is 11.7. The molecule has 0 aromatic carbocycles. The molecule has 4 saturated carbocycles. The molecule has 1 unspecified atom stereocenters. The van der Waals surface area contributed by atoms with Gasteiger partial charge in [0, 0.05) is 31.7 Å². The highest BCUT2D eigenvalue weighted by molar-refractivity contribution is 5.77. The Bertz CT molecular complexity index is 483. The topological polar surface area (TPSA) is 53.3 Å². The van der Waals surface area contributed by atoms with E-state index < -0.39 is 0 Å². The largest absolute Gasteiger partial charge is 0.381 e. The summed E-state index contributed by atoms with van der Waals surface area (Å²) >= 11 is 0. The van der Waals surface area contributed by atoms with E-state index in [1.54, 1.807) is 0 Å². The molecule has 0 radical (unpaired) electrons. The summed E-state index contributed by atoms with van der Waals surface area (Å²) in [5, 5.41) is 9.08. The van der Waals surface area contributed by atoms with Crippen molar-refractivity contribution in [1.82, 2.24) is 4.90 Å². The molecule has 4 heteroatoms. The van der Waals surface area contributed by atoms with Gasteiger partial charge in [0.1, 0.15) is 0 Å². The third-order valence-corrected chi connectivity index (χ3v) is 7.12. The minimum atomic E-state index is 0.0921. The second-order valence-electron chi connectivity index (χ2n) is 8.86. The fraction of sp³-hybridized carbons (Fsp3) is 0.900. The van der Waals surface area contributed by atoms with Gasteiger partial charge in [-0.25, -0.2) is 0 Å². The van der Waals surface area contributed by atoms with Crippen LogP contribution in [0.2, 0.25) is 0 Å². The lowest BCUT2D eigenvalue weighted by molar-refractivity contribution is -0.151. The van der Waals surface area contributed by atoms with Crippen molar-refractivity contribution in [3.8, 4) is 6.07 Å². The summed E-state index contributed by atoms with van der Waals surface area (Å²) in [5.41, 5.74) is 0.0921. The van der Waals surface area contributed by atoms with Gasteiger partial charge in [0.15, 0.2) is 0 Å². The molecule has 1 atom stereocenters. The Morgan fingerprint density at radius 2 is 1.83 bits per heavy atom. The van der Waals surface area contributed by atoms with Crippen LogP contribution in [0.25, 0.3) is 0 Å². The molecule has 0 N–H and O–H groups in total. The Kier molecular flexibility index (Phi) is 4.56. The zero-order valence-electron chi connectivity index (χ0n) is 14.7. The van der Waals surface area contributed by atoms with E-state index >= 15 is 0 Å². The van der Waals surface area contributed by atoms with Crippen molar-refractivity contribution in [2.45, 2.75) is 69.7 Å². The molecule has 1 heterocycles. The van der Waals surface area contributed by atoms with Crippen LogP contribution in [0.3, 0.4) is 0 Å². The summed E-state index contributed by atoms with van der Waals surface area (Å²) in [7, 11) is 0. The Morgan fingerprint density at radius 3 is 2.38 bits per heavy atom. The smallest absolute Gasteiger partial charge is 0.223 e. The fourth-order valence-electron chi connectivity index (χ4n) is 6.46. The van der Waals surface area contributed by atoms with E-state index in [2.05, 4.69) is 11.0 Å². The SMILES string of the molecule is N#CCCN(C(=O)CCC1CCOC1)C12CC3CC(CC(C3)C1)C2. The van der Waals surface area contributed by atoms with Gasteiger partial charge in [0.25, 0.3) is 0 Å². The molecule has 132 valence electrons. The average Bonchev–Trinajstić information content (AvgIpc) is 3.05. The molecular formula is C20H30N2O2. The highest BCUT2D eigenvalue weighted by Crippen LogP contribution is 2.58. The van der Waals surface area contributed by atoms with Crippen LogP contribution >= 0.6 is 0 Å². The number of carbonyl (C=O) groups is 1. The number of hydrogen-bond acceptors (Lipinski definition) is 3. The van der Waals surface area contributed by atoms with Gasteiger partial charge in [-0.05, 0) is 75.0 Å². The van der Waals surface area contributed by atoms with Crippen LogP contribution in [0, 0.1) is 35.0 Å². The van der Waals surface area contributed by atoms with E-state index in [4.69, 9.17) is 10.00 Å². The van der Waals surface area contributed by atoms with Gasteiger partial charge in [0.2, 0.25) is 5.91 Å². The number of ether oxygens (including phenoxy) is 1. The number of nitrogens with zero attached hydrogens (tertiary/aromatic N) is 2. The Morgan fingerprint density at radius 1 is 1.17 bits per heavy atom. The number of amides is 1. The number of nitriles is 1. The first kappa shape index (κ1) is 16.4. The predicted molar refractivity (Wildman–Crippen MR) is 91.0 cm³/mol. The average molecular weight is 330 g/mol. The molecule has 5 fully saturated rings. The number of hydrogen-bond donors (Lipinski definition) is 0. The summed E-state index contributed by atoms with van der Waals surface area (Å²) < 4.78 is 5.45. The van der Waals surface area contributed by atoms with Crippen molar-refractivity contribution in [3.05, 3.63) is 0 Å². The standard InChI is InChI=1S/C20H30N2O2/c21-5-1-6-22(19(23)3-2-15-4-7-24-14-15)20-11-16-8-17(12-20)10-18(9-16)13-20/h15-18H,1-4,6-14H2. The lowest BCUT2D eigenvalue weighted by Gasteiger charge is -2.60. The Hall–Kier alpha value is -1.08. The molecule has 1 saturated heterocycles. The molecule has 0 aromatic rings. The van der Waals surface area contributed by atoms with Gasteiger partial charge in [-0.15, -0.1) is 0 Å². The molecule has 1 amide bonds. The van der Waals surface area contributed by atoms with Crippen molar-refractivity contribution in [2.24, 2.45) is 23.7 Å². The fourth-order valence-corrected chi connectivity index (χ4v) is 6.46. The molecule has 5 aliphatic rings. The molecule has 5 rings (SSSR count). The molecule has 24 heavy (non-hydrogen) atoms. The summed E-state index contributed by atoms with van der Waals surface area (Å²) in [6.45, 7) is 2.32. The zero-order valence-corrected chi connectivity index (χ0v) is 14.7. The van der Waals surface area contributed by atoms with Crippen LogP contribution in [-0.4, -0.2) is 36.1 Å². The summed E-state index contributed by atoms with van der Waals surface area (Å²) in [6.07, 6.45) is 10.9. The van der Waals surface area contributed by atoms with Crippen LogP contribution in [0.1, 0.15) is 64.2 Å². The van der Waals surface area contributed by atoms with Gasteiger partial charge < -0.3 is 9.64 Å². The van der Waals surface area contributed by atoms with Gasteiger partial charge in [-0.3, -0.25) is 4.79 Å². The second kappa shape index (κ2) is 6.67. The monoisotopic (exact) mass is 330 g/mol. The number of rotatable bonds is 6. The van der Waals surface area contributed by atoms with Crippen LogP contribution in [-0.2, 0) is 9.53 Å². The Labute approximate surface area is 145 Å². The summed E-state index contributed by atoms with van der Waals surface area (Å²) in [4.78, 5) is 15.3. The van der Waals surface area contributed by atoms with Crippen molar-refractivity contribution < 1.29 is 9.53 Å². The van der Waals surface area contributed by atoms with Crippen molar-refractivity contribution in [2.75, 3.05) is 19.8 Å². The number of carbonyl (C=O) groups excluding carboxylic acids is 1. The minimum absolute atomic E-state index is 0.0921. The summed E-state index contributed by atoms with van der Waals surface area (Å²) in [6, 6.07) is 2.27. The van der Waals surface area contributed by atoms with E-state index in [-0.39, 0.29) is 5.54 Å². The van der Waals surface area contributed by atoms with E-state index in [0.717, 1.165) is 43.8 Å². The maximum absolute atomic E-state index is 13.1. The zero-order chi connectivity index (χ0) is 16.6. The van der Waals surface area contributed by atoms with Gasteiger partial charge in [-0.2, -0.15) is 5.26 Å². The van der Waals surface area contributed by atoms with Gasteiger partial charge in [0.05, 0.1) is 12.5 Å².